The van der Waals surface area contributed by atoms with E-state index < -0.39 is 0 Å². The lowest BCUT2D eigenvalue weighted by Gasteiger charge is -2.39. The molecule has 0 saturated carbocycles. The molecular weight excluding hydrogens is 362 g/mol. The van der Waals surface area contributed by atoms with Gasteiger partial charge in [-0.3, -0.25) is 4.90 Å². The summed E-state index contributed by atoms with van der Waals surface area (Å²) < 4.78 is 11.4. The minimum Gasteiger partial charge on any atom is -0.496 e. The number of methoxy groups -OCH3 is 1. The topological polar surface area (TPSA) is 38.8 Å². The molecule has 0 aromatic heterocycles. The molecule has 0 atom stereocenters. The number of carbonyl (C=O) groups excluding carboxylic acids is 1. The Morgan fingerprint density at radius 2 is 1.72 bits per heavy atom. The molecule has 0 bridgehead atoms. The number of rotatable bonds is 3. The second-order valence-electron chi connectivity index (χ2n) is 9.24. The van der Waals surface area contributed by atoms with E-state index in [-0.39, 0.29) is 11.5 Å². The van der Waals surface area contributed by atoms with Gasteiger partial charge in [0.05, 0.1) is 19.4 Å². The van der Waals surface area contributed by atoms with Crippen LogP contribution in [0.3, 0.4) is 0 Å². The Bertz CT molecular complexity index is 990. The van der Waals surface area contributed by atoms with Crippen molar-refractivity contribution < 1.29 is 14.3 Å². The van der Waals surface area contributed by atoms with Crippen LogP contribution in [0.15, 0.2) is 18.2 Å². The van der Waals surface area contributed by atoms with Crippen molar-refractivity contribution >= 4 is 11.8 Å². The summed E-state index contributed by atoms with van der Waals surface area (Å²) in [5.74, 6) is 0.844. The molecule has 2 aliphatic rings. The number of benzene rings is 2. The maximum Gasteiger partial charge on any atom is 0.414 e. The zero-order chi connectivity index (χ0) is 20.9. The maximum atomic E-state index is 12.9. The molecule has 4 rings (SSSR count). The van der Waals surface area contributed by atoms with Gasteiger partial charge in [-0.2, -0.15) is 0 Å². The van der Waals surface area contributed by atoms with Crippen LogP contribution in [0.5, 0.6) is 5.75 Å². The number of anilines is 1. The van der Waals surface area contributed by atoms with Crippen molar-refractivity contribution in [2.24, 2.45) is 5.41 Å². The zero-order valence-electron chi connectivity index (χ0n) is 18.4. The number of fused-ring (bicyclic) bond motifs is 1. The molecule has 1 amide bonds. The van der Waals surface area contributed by atoms with Crippen LogP contribution in [0.25, 0.3) is 11.1 Å². The number of cyclic esters (lactones) is 1. The SMILES string of the molecule is COc1cccc(C)c1-c1c(C)c2c(c(C)c1N1CC(C)(C)COC1=O)CCC2. The van der Waals surface area contributed by atoms with E-state index in [4.69, 9.17) is 9.47 Å². The van der Waals surface area contributed by atoms with Crippen LogP contribution in [0.4, 0.5) is 10.5 Å². The van der Waals surface area contributed by atoms with Gasteiger partial charge in [0.2, 0.25) is 0 Å². The van der Waals surface area contributed by atoms with Crippen molar-refractivity contribution in [3.8, 4) is 16.9 Å². The molecular formula is C25H31NO3. The monoisotopic (exact) mass is 393 g/mol. The van der Waals surface area contributed by atoms with Crippen molar-refractivity contribution in [2.75, 3.05) is 25.2 Å². The number of hydrogen-bond donors (Lipinski definition) is 0. The lowest BCUT2D eigenvalue weighted by atomic mass is 9.85. The van der Waals surface area contributed by atoms with Crippen molar-refractivity contribution in [1.82, 2.24) is 0 Å². The number of aryl methyl sites for hydroxylation is 1. The lowest BCUT2D eigenvalue weighted by molar-refractivity contribution is 0.0822. The quantitative estimate of drug-likeness (QED) is 0.665. The van der Waals surface area contributed by atoms with Gasteiger partial charge >= 0.3 is 6.09 Å². The molecule has 2 aromatic carbocycles. The molecule has 1 aliphatic heterocycles. The molecule has 154 valence electrons. The van der Waals surface area contributed by atoms with Crippen molar-refractivity contribution in [3.63, 3.8) is 0 Å². The van der Waals surface area contributed by atoms with Crippen LogP contribution in [0.2, 0.25) is 0 Å². The molecule has 4 nitrogen and oxygen atoms in total. The van der Waals surface area contributed by atoms with Gasteiger partial charge in [0.25, 0.3) is 0 Å². The van der Waals surface area contributed by atoms with Gasteiger partial charge in [0, 0.05) is 23.1 Å². The first-order valence-electron chi connectivity index (χ1n) is 10.5. The lowest BCUT2D eigenvalue weighted by Crippen LogP contribution is -2.48. The van der Waals surface area contributed by atoms with E-state index >= 15 is 0 Å². The molecule has 4 heteroatoms. The molecule has 0 N–H and O–H groups in total. The van der Waals surface area contributed by atoms with Gasteiger partial charge in [-0.1, -0.05) is 26.0 Å². The summed E-state index contributed by atoms with van der Waals surface area (Å²) in [7, 11) is 1.71. The Kier molecular flexibility index (Phi) is 4.84. The summed E-state index contributed by atoms with van der Waals surface area (Å²) in [5, 5.41) is 0. The molecule has 29 heavy (non-hydrogen) atoms. The molecule has 1 fully saturated rings. The summed E-state index contributed by atoms with van der Waals surface area (Å²) in [6, 6.07) is 6.14. The highest BCUT2D eigenvalue weighted by molar-refractivity contribution is 5.99. The average molecular weight is 394 g/mol. The van der Waals surface area contributed by atoms with Crippen LogP contribution < -0.4 is 9.64 Å². The van der Waals surface area contributed by atoms with E-state index in [2.05, 4.69) is 40.7 Å². The second kappa shape index (κ2) is 7.08. The van der Waals surface area contributed by atoms with Crippen molar-refractivity contribution in [1.29, 1.82) is 0 Å². The van der Waals surface area contributed by atoms with Crippen LogP contribution >= 0.6 is 0 Å². The van der Waals surface area contributed by atoms with E-state index in [1.54, 1.807) is 7.11 Å². The van der Waals surface area contributed by atoms with Crippen molar-refractivity contribution in [3.05, 3.63) is 46.0 Å². The van der Waals surface area contributed by atoms with E-state index in [0.717, 1.165) is 41.0 Å². The number of amides is 1. The van der Waals surface area contributed by atoms with Gasteiger partial charge in [0.1, 0.15) is 5.75 Å². The van der Waals surface area contributed by atoms with Crippen molar-refractivity contribution in [2.45, 2.75) is 53.9 Å². The van der Waals surface area contributed by atoms with E-state index in [0.29, 0.717) is 13.2 Å². The highest BCUT2D eigenvalue weighted by atomic mass is 16.6. The highest BCUT2D eigenvalue weighted by Crippen LogP contribution is 2.48. The first-order valence-corrected chi connectivity index (χ1v) is 10.5. The first-order chi connectivity index (χ1) is 13.7. The largest absolute Gasteiger partial charge is 0.496 e. The van der Waals surface area contributed by atoms with Gasteiger partial charge < -0.3 is 9.47 Å². The Morgan fingerprint density at radius 1 is 1.03 bits per heavy atom. The van der Waals surface area contributed by atoms with Gasteiger partial charge in [-0.15, -0.1) is 0 Å². The van der Waals surface area contributed by atoms with Gasteiger partial charge in [-0.25, -0.2) is 4.79 Å². The molecule has 0 radical (unpaired) electrons. The number of nitrogens with zero attached hydrogens (tertiary/aromatic N) is 1. The zero-order valence-corrected chi connectivity index (χ0v) is 18.4. The van der Waals surface area contributed by atoms with E-state index in [1.165, 1.54) is 28.7 Å². The third kappa shape index (κ3) is 3.19. The Morgan fingerprint density at radius 3 is 2.41 bits per heavy atom. The summed E-state index contributed by atoms with van der Waals surface area (Å²) in [4.78, 5) is 14.8. The third-order valence-electron chi connectivity index (χ3n) is 6.46. The second-order valence-corrected chi connectivity index (χ2v) is 9.24. The summed E-state index contributed by atoms with van der Waals surface area (Å²) >= 11 is 0. The highest BCUT2D eigenvalue weighted by Gasteiger charge is 2.38. The van der Waals surface area contributed by atoms with Crippen LogP contribution in [0.1, 0.15) is 48.1 Å². The fourth-order valence-electron chi connectivity index (χ4n) is 5.05. The van der Waals surface area contributed by atoms with Gasteiger partial charge in [-0.05, 0) is 73.9 Å². The molecule has 1 heterocycles. The maximum absolute atomic E-state index is 12.9. The third-order valence-corrected chi connectivity index (χ3v) is 6.46. The predicted octanol–water partition coefficient (Wildman–Crippen LogP) is 5.76. The molecule has 0 spiro atoms. The fourth-order valence-corrected chi connectivity index (χ4v) is 5.05. The minimum absolute atomic E-state index is 0.0969. The predicted molar refractivity (Wildman–Crippen MR) is 117 cm³/mol. The Balaban J connectivity index is 2.06. The van der Waals surface area contributed by atoms with Crippen LogP contribution in [-0.4, -0.2) is 26.4 Å². The number of hydrogen-bond acceptors (Lipinski definition) is 3. The standard InChI is InChI=1S/C25H31NO3/c1-15-9-7-12-20(28-6)21(15)22-16(2)18-10-8-11-19(18)17(3)23(22)26-13-25(4,5)14-29-24(26)27/h7,9,12H,8,10-11,13-14H2,1-6H3. The van der Waals surface area contributed by atoms with Gasteiger partial charge in [0.15, 0.2) is 0 Å². The summed E-state index contributed by atoms with van der Waals surface area (Å²) in [6.45, 7) is 11.9. The number of ether oxygens (including phenoxy) is 2. The molecule has 0 unspecified atom stereocenters. The Hall–Kier alpha value is -2.49. The van der Waals surface area contributed by atoms with E-state index in [1.807, 2.05) is 17.0 Å². The summed E-state index contributed by atoms with van der Waals surface area (Å²) in [6.07, 6.45) is 3.09. The molecule has 1 saturated heterocycles. The Labute approximate surface area is 173 Å². The van der Waals surface area contributed by atoms with E-state index in [9.17, 15) is 4.79 Å². The van der Waals surface area contributed by atoms with Crippen LogP contribution in [-0.2, 0) is 17.6 Å². The minimum atomic E-state index is -0.251. The normalized spacial score (nSPS) is 17.9. The average Bonchev–Trinajstić information content (AvgIpc) is 3.17. The summed E-state index contributed by atoms with van der Waals surface area (Å²) in [5.41, 5.74) is 9.56. The fraction of sp³-hybridized carbons (Fsp3) is 0.480. The smallest absolute Gasteiger partial charge is 0.414 e. The van der Waals surface area contributed by atoms with Crippen LogP contribution in [0, 0.1) is 26.2 Å². The number of carbonyl (C=O) groups is 1. The first kappa shape index (κ1) is 19.8. The molecule has 1 aliphatic carbocycles. The molecule has 2 aromatic rings.